The van der Waals surface area contributed by atoms with E-state index in [9.17, 15) is 14.4 Å². The minimum absolute atomic E-state index is 0.120. The molecule has 1 rings (SSSR count). The Hall–Kier alpha value is -1.59. The van der Waals surface area contributed by atoms with Crippen molar-refractivity contribution in [2.45, 2.75) is 19.4 Å². The highest BCUT2D eigenvalue weighted by atomic mass is 16.6. The largest absolute Gasteiger partial charge is 0.465 e. The Balaban J connectivity index is 2.71. The van der Waals surface area contributed by atoms with Crippen molar-refractivity contribution < 1.29 is 24.2 Å². The summed E-state index contributed by atoms with van der Waals surface area (Å²) in [5.74, 6) is -0.896. The fourth-order valence-electron chi connectivity index (χ4n) is 1.10. The van der Waals surface area contributed by atoms with Gasteiger partial charge in [-0.2, -0.15) is 0 Å². The number of carbonyl (C=O) groups excluding carboxylic acids is 2. The number of hydrogen-bond acceptors (Lipinski definition) is 4. The Kier molecular flexibility index (Phi) is 2.50. The molecule has 1 fully saturated rings. The third kappa shape index (κ3) is 1.95. The Labute approximate surface area is 74.1 Å². The molecule has 0 spiro atoms. The Morgan fingerprint density at radius 2 is 2.31 bits per heavy atom. The van der Waals surface area contributed by atoms with E-state index >= 15 is 0 Å². The van der Waals surface area contributed by atoms with E-state index in [1.165, 1.54) is 6.92 Å². The lowest BCUT2D eigenvalue weighted by Gasteiger charge is -2.14. The van der Waals surface area contributed by atoms with Crippen molar-refractivity contribution in [1.82, 2.24) is 4.90 Å². The molecule has 1 unspecified atom stereocenters. The third-order valence-corrected chi connectivity index (χ3v) is 1.72. The Bertz CT molecular complexity index is 262. The van der Waals surface area contributed by atoms with E-state index in [2.05, 4.69) is 4.74 Å². The highest BCUT2D eigenvalue weighted by Gasteiger charge is 2.38. The van der Waals surface area contributed by atoms with Crippen LogP contribution in [-0.2, 0) is 14.3 Å². The van der Waals surface area contributed by atoms with Gasteiger partial charge in [-0.3, -0.25) is 9.69 Å². The lowest BCUT2D eigenvalue weighted by molar-refractivity contribution is -0.140. The molecule has 13 heavy (non-hydrogen) atoms. The maximum atomic E-state index is 10.9. The quantitative estimate of drug-likeness (QED) is 0.606. The average Bonchev–Trinajstić information content (AvgIpc) is 2.32. The van der Waals surface area contributed by atoms with Gasteiger partial charge in [0.2, 0.25) is 0 Å². The van der Waals surface area contributed by atoms with Gasteiger partial charge in [0.25, 0.3) is 0 Å². The summed E-state index contributed by atoms with van der Waals surface area (Å²) in [6.45, 7) is 1.01. The zero-order valence-electron chi connectivity index (χ0n) is 7.02. The van der Waals surface area contributed by atoms with Gasteiger partial charge in [0.15, 0.2) is 6.73 Å². The van der Waals surface area contributed by atoms with Gasteiger partial charge < -0.3 is 9.84 Å². The van der Waals surface area contributed by atoms with Crippen LogP contribution in [0.4, 0.5) is 4.79 Å². The van der Waals surface area contributed by atoms with Crippen LogP contribution in [0.5, 0.6) is 0 Å². The molecule has 6 heteroatoms. The predicted molar refractivity (Wildman–Crippen MR) is 39.9 cm³/mol. The van der Waals surface area contributed by atoms with E-state index in [4.69, 9.17) is 5.11 Å². The summed E-state index contributed by atoms with van der Waals surface area (Å²) in [6, 6.07) is -0.963. The number of amides is 1. The van der Waals surface area contributed by atoms with Crippen LogP contribution < -0.4 is 0 Å². The highest BCUT2D eigenvalue weighted by Crippen LogP contribution is 2.14. The second-order valence-corrected chi connectivity index (χ2v) is 2.77. The van der Waals surface area contributed by atoms with E-state index in [1.807, 2.05) is 0 Å². The number of nitrogens with zero attached hydrogens (tertiary/aromatic N) is 1. The first kappa shape index (κ1) is 9.50. The van der Waals surface area contributed by atoms with Crippen LogP contribution >= 0.6 is 0 Å². The third-order valence-electron chi connectivity index (χ3n) is 1.72. The number of esters is 1. The van der Waals surface area contributed by atoms with E-state index in [0.717, 1.165) is 4.90 Å². The van der Waals surface area contributed by atoms with Crippen molar-refractivity contribution >= 4 is 17.8 Å². The van der Waals surface area contributed by atoms with Crippen LogP contribution in [0.1, 0.15) is 13.3 Å². The number of hydrogen-bond donors (Lipinski definition) is 1. The van der Waals surface area contributed by atoms with Crippen molar-refractivity contribution in [1.29, 1.82) is 0 Å². The smallest absolute Gasteiger partial charge is 0.410 e. The topological polar surface area (TPSA) is 83.9 Å². The molecule has 1 amide bonds. The second kappa shape index (κ2) is 3.42. The van der Waals surface area contributed by atoms with Gasteiger partial charge >= 0.3 is 12.1 Å². The van der Waals surface area contributed by atoms with E-state index in [0.29, 0.717) is 0 Å². The zero-order valence-corrected chi connectivity index (χ0v) is 7.02. The molecule has 0 aromatic heterocycles. The predicted octanol–water partition coefficient (Wildman–Crippen LogP) is -0.172. The van der Waals surface area contributed by atoms with Gasteiger partial charge in [0, 0.05) is 6.42 Å². The van der Waals surface area contributed by atoms with Crippen molar-refractivity contribution in [2.24, 2.45) is 0 Å². The second-order valence-electron chi connectivity index (χ2n) is 2.77. The van der Waals surface area contributed by atoms with Crippen molar-refractivity contribution in [3.8, 4) is 0 Å². The van der Waals surface area contributed by atoms with Gasteiger partial charge in [-0.25, -0.2) is 9.59 Å². The molecular formula is C7H9NO5. The maximum absolute atomic E-state index is 10.9. The lowest BCUT2D eigenvalue weighted by atomic mass is 10.1. The van der Waals surface area contributed by atoms with Crippen LogP contribution in [-0.4, -0.2) is 40.6 Å². The first-order chi connectivity index (χ1) is 6.02. The summed E-state index contributed by atoms with van der Waals surface area (Å²) >= 11 is 0. The average molecular weight is 187 g/mol. The molecule has 1 saturated heterocycles. The molecule has 0 aliphatic carbocycles. The number of carbonyl (C=O) groups is 3. The van der Waals surface area contributed by atoms with Gasteiger partial charge in [0.05, 0.1) is 0 Å². The summed E-state index contributed by atoms with van der Waals surface area (Å²) in [5, 5.41) is 8.60. The SMILES string of the molecule is CC(=O)CC1C(=O)OCN1C(=O)O. The van der Waals surface area contributed by atoms with Crippen molar-refractivity contribution in [2.75, 3.05) is 6.73 Å². The number of Topliss-reactive ketones (excluding diaryl/α,β-unsaturated/α-hetero) is 1. The lowest BCUT2D eigenvalue weighted by Crippen LogP contribution is -2.38. The van der Waals surface area contributed by atoms with Gasteiger partial charge in [0.1, 0.15) is 11.8 Å². The first-order valence-electron chi connectivity index (χ1n) is 3.68. The summed E-state index contributed by atoms with van der Waals surface area (Å²) in [6.07, 6.45) is -1.37. The van der Waals surface area contributed by atoms with E-state index in [1.54, 1.807) is 0 Å². The number of carboxylic acid groups (broad SMARTS) is 1. The molecule has 72 valence electrons. The van der Waals surface area contributed by atoms with Crippen LogP contribution in [0, 0.1) is 0 Å². The van der Waals surface area contributed by atoms with Gasteiger partial charge in [-0.1, -0.05) is 0 Å². The zero-order chi connectivity index (χ0) is 10.0. The molecule has 0 aromatic carbocycles. The van der Waals surface area contributed by atoms with Crippen LogP contribution in [0.2, 0.25) is 0 Å². The molecule has 0 aromatic rings. The van der Waals surface area contributed by atoms with Crippen molar-refractivity contribution in [3.05, 3.63) is 0 Å². The summed E-state index contributed by atoms with van der Waals surface area (Å²) in [7, 11) is 0. The van der Waals surface area contributed by atoms with Crippen LogP contribution in [0.3, 0.4) is 0 Å². The molecule has 1 aliphatic rings. The van der Waals surface area contributed by atoms with Gasteiger partial charge in [-0.05, 0) is 6.92 Å². The summed E-state index contributed by atoms with van der Waals surface area (Å²) < 4.78 is 4.49. The number of rotatable bonds is 2. The molecule has 1 N–H and O–H groups in total. The molecule has 1 aliphatic heterocycles. The van der Waals surface area contributed by atoms with Crippen LogP contribution in [0.15, 0.2) is 0 Å². The summed E-state index contributed by atoms with van der Waals surface area (Å²) in [5.41, 5.74) is 0. The molecule has 6 nitrogen and oxygen atoms in total. The molecule has 0 bridgehead atoms. The molecule has 0 radical (unpaired) electrons. The maximum Gasteiger partial charge on any atom is 0.410 e. The molecule has 0 saturated carbocycles. The van der Waals surface area contributed by atoms with E-state index in [-0.39, 0.29) is 18.9 Å². The monoisotopic (exact) mass is 187 g/mol. The summed E-state index contributed by atoms with van der Waals surface area (Å²) in [4.78, 5) is 33.0. The minimum Gasteiger partial charge on any atom is -0.465 e. The Morgan fingerprint density at radius 1 is 1.69 bits per heavy atom. The number of cyclic esters (lactones) is 1. The van der Waals surface area contributed by atoms with Crippen LogP contribution in [0.25, 0.3) is 0 Å². The molecular weight excluding hydrogens is 178 g/mol. The number of ketones is 1. The first-order valence-corrected chi connectivity index (χ1v) is 3.68. The normalized spacial score (nSPS) is 21.5. The molecule has 1 heterocycles. The molecule has 1 atom stereocenters. The van der Waals surface area contributed by atoms with Gasteiger partial charge in [-0.15, -0.1) is 0 Å². The minimum atomic E-state index is -1.25. The van der Waals surface area contributed by atoms with E-state index < -0.39 is 18.1 Å². The standard InChI is InChI=1S/C7H9NO5/c1-4(9)2-5-6(10)13-3-8(5)7(11)12/h5H,2-3H2,1H3,(H,11,12). The fourth-order valence-corrected chi connectivity index (χ4v) is 1.10. The fraction of sp³-hybridized carbons (Fsp3) is 0.571. The number of ether oxygens (including phenoxy) is 1. The Morgan fingerprint density at radius 3 is 2.77 bits per heavy atom. The highest BCUT2D eigenvalue weighted by molar-refractivity contribution is 5.89. The van der Waals surface area contributed by atoms with Crippen molar-refractivity contribution in [3.63, 3.8) is 0 Å².